The molecule has 3 nitrogen and oxygen atoms in total. The summed E-state index contributed by atoms with van der Waals surface area (Å²) in [5.41, 5.74) is 0. The van der Waals surface area contributed by atoms with Crippen LogP contribution in [0.15, 0.2) is 0 Å². The summed E-state index contributed by atoms with van der Waals surface area (Å²) in [6, 6.07) is -0.519. The molecule has 1 unspecified atom stereocenters. The van der Waals surface area contributed by atoms with E-state index >= 15 is 0 Å². The molecule has 0 radical (unpaired) electrons. The fourth-order valence-electron chi connectivity index (χ4n) is 2.45. The second kappa shape index (κ2) is 4.65. The lowest BCUT2D eigenvalue weighted by Crippen LogP contribution is -2.45. The predicted octanol–water partition coefficient (Wildman–Crippen LogP) is 1.43. The van der Waals surface area contributed by atoms with Gasteiger partial charge in [0.25, 0.3) is 5.92 Å². The van der Waals surface area contributed by atoms with Crippen LogP contribution in [0.3, 0.4) is 0 Å². The third-order valence-corrected chi connectivity index (χ3v) is 3.38. The molecule has 1 atom stereocenters. The summed E-state index contributed by atoms with van der Waals surface area (Å²) in [4.78, 5) is 11.7. The molecule has 0 aromatic rings. The maximum Gasteiger partial charge on any atom is 0.262 e. The van der Waals surface area contributed by atoms with E-state index < -0.39 is 12.0 Å². The van der Waals surface area contributed by atoms with Crippen molar-refractivity contribution >= 4 is 5.91 Å². The van der Waals surface area contributed by atoms with Crippen molar-refractivity contribution in [3.63, 3.8) is 0 Å². The van der Waals surface area contributed by atoms with Gasteiger partial charge in [-0.25, -0.2) is 8.78 Å². The number of carbonyl (C=O) groups excluding carboxylic acids is 1. The highest BCUT2D eigenvalue weighted by atomic mass is 19.3. The van der Waals surface area contributed by atoms with Gasteiger partial charge in [-0.2, -0.15) is 0 Å². The van der Waals surface area contributed by atoms with Crippen LogP contribution in [0.1, 0.15) is 38.5 Å². The van der Waals surface area contributed by atoms with Crippen molar-refractivity contribution < 1.29 is 13.6 Å². The smallest absolute Gasteiger partial charge is 0.262 e. The summed E-state index contributed by atoms with van der Waals surface area (Å²) in [7, 11) is 0. The summed E-state index contributed by atoms with van der Waals surface area (Å²) < 4.78 is 25.8. The molecule has 0 spiro atoms. The molecule has 2 rings (SSSR count). The summed E-state index contributed by atoms with van der Waals surface area (Å²) >= 11 is 0. The zero-order valence-corrected chi connectivity index (χ0v) is 9.27. The van der Waals surface area contributed by atoms with E-state index in [0.29, 0.717) is 0 Å². The monoisotopic (exact) mass is 232 g/mol. The molecule has 1 amide bonds. The van der Waals surface area contributed by atoms with Crippen molar-refractivity contribution in [2.45, 2.75) is 56.5 Å². The molecule has 92 valence electrons. The largest absolute Gasteiger partial charge is 0.352 e. The SMILES string of the molecule is O=C(NC1CCCCC1)C1CC(F)(F)CN1. The Kier molecular flexibility index (Phi) is 3.42. The van der Waals surface area contributed by atoms with Gasteiger partial charge in [-0.15, -0.1) is 0 Å². The number of carbonyl (C=O) groups is 1. The van der Waals surface area contributed by atoms with Crippen LogP contribution in [0.25, 0.3) is 0 Å². The normalized spacial score (nSPS) is 30.2. The first kappa shape index (κ1) is 11.8. The quantitative estimate of drug-likeness (QED) is 0.756. The predicted molar refractivity (Wildman–Crippen MR) is 56.4 cm³/mol. The Morgan fingerprint density at radius 3 is 2.50 bits per heavy atom. The zero-order valence-electron chi connectivity index (χ0n) is 9.27. The van der Waals surface area contributed by atoms with Crippen LogP contribution < -0.4 is 10.6 Å². The first-order valence-corrected chi connectivity index (χ1v) is 5.98. The van der Waals surface area contributed by atoms with Crippen molar-refractivity contribution in [1.82, 2.24) is 10.6 Å². The van der Waals surface area contributed by atoms with E-state index in [4.69, 9.17) is 0 Å². The first-order chi connectivity index (χ1) is 7.57. The van der Waals surface area contributed by atoms with E-state index in [9.17, 15) is 13.6 Å². The molecule has 16 heavy (non-hydrogen) atoms. The van der Waals surface area contributed by atoms with E-state index in [2.05, 4.69) is 10.6 Å². The minimum absolute atomic E-state index is 0.192. The molecule has 0 aromatic heterocycles. The molecular weight excluding hydrogens is 214 g/mol. The van der Waals surface area contributed by atoms with Crippen LogP contribution in [0.2, 0.25) is 0 Å². The summed E-state index contributed by atoms with van der Waals surface area (Å²) in [5.74, 6) is -2.99. The fourth-order valence-corrected chi connectivity index (χ4v) is 2.45. The van der Waals surface area contributed by atoms with Crippen molar-refractivity contribution in [2.24, 2.45) is 0 Å². The molecule has 2 fully saturated rings. The number of halogens is 2. The van der Waals surface area contributed by atoms with Gasteiger partial charge < -0.3 is 5.32 Å². The van der Waals surface area contributed by atoms with E-state index in [1.165, 1.54) is 6.42 Å². The molecule has 0 aromatic carbocycles. The summed E-state index contributed by atoms with van der Waals surface area (Å²) in [6.07, 6.45) is 5.06. The van der Waals surface area contributed by atoms with Crippen molar-refractivity contribution in [3.05, 3.63) is 0 Å². The Balaban J connectivity index is 1.79. The highest BCUT2D eigenvalue weighted by Gasteiger charge is 2.42. The van der Waals surface area contributed by atoms with Crippen LogP contribution in [-0.4, -0.2) is 30.5 Å². The van der Waals surface area contributed by atoms with Crippen LogP contribution in [-0.2, 0) is 4.79 Å². The lowest BCUT2D eigenvalue weighted by molar-refractivity contribution is -0.124. The average molecular weight is 232 g/mol. The zero-order chi connectivity index (χ0) is 11.6. The van der Waals surface area contributed by atoms with Gasteiger partial charge in [0.1, 0.15) is 0 Å². The molecule has 5 heteroatoms. The Labute approximate surface area is 94.0 Å². The number of rotatable bonds is 2. The number of amides is 1. The Morgan fingerprint density at radius 1 is 1.25 bits per heavy atom. The second-order valence-corrected chi connectivity index (χ2v) is 4.84. The third-order valence-electron chi connectivity index (χ3n) is 3.38. The lowest BCUT2D eigenvalue weighted by atomic mass is 9.95. The van der Waals surface area contributed by atoms with Gasteiger partial charge in [-0.1, -0.05) is 19.3 Å². The summed E-state index contributed by atoms with van der Waals surface area (Å²) in [6.45, 7) is -0.379. The van der Waals surface area contributed by atoms with E-state index in [1.807, 2.05) is 0 Å². The molecule has 1 aliphatic carbocycles. The molecule has 2 aliphatic rings. The average Bonchev–Trinajstić information content (AvgIpc) is 2.60. The Bertz CT molecular complexity index is 265. The molecule has 1 saturated heterocycles. The summed E-state index contributed by atoms with van der Waals surface area (Å²) in [5, 5.41) is 5.44. The number of hydrogen-bond donors (Lipinski definition) is 2. The maximum absolute atomic E-state index is 12.9. The third kappa shape index (κ3) is 2.90. The van der Waals surface area contributed by atoms with E-state index in [-0.39, 0.29) is 24.9 Å². The van der Waals surface area contributed by atoms with Gasteiger partial charge in [0.2, 0.25) is 5.91 Å². The van der Waals surface area contributed by atoms with Gasteiger partial charge in [0.05, 0.1) is 12.6 Å². The van der Waals surface area contributed by atoms with Crippen LogP contribution >= 0.6 is 0 Å². The van der Waals surface area contributed by atoms with Crippen LogP contribution in [0.5, 0.6) is 0 Å². The van der Waals surface area contributed by atoms with Crippen LogP contribution in [0, 0.1) is 0 Å². The highest BCUT2D eigenvalue weighted by Crippen LogP contribution is 2.25. The Morgan fingerprint density at radius 2 is 1.94 bits per heavy atom. The topological polar surface area (TPSA) is 41.1 Å². The van der Waals surface area contributed by atoms with Gasteiger partial charge >= 0.3 is 0 Å². The molecule has 1 aliphatic heterocycles. The number of nitrogens with one attached hydrogen (secondary N) is 2. The van der Waals surface area contributed by atoms with Crippen molar-refractivity contribution in [2.75, 3.05) is 6.54 Å². The van der Waals surface area contributed by atoms with Gasteiger partial charge in [0.15, 0.2) is 0 Å². The standard InChI is InChI=1S/C11H18F2N2O/c12-11(13)6-9(14-7-11)10(16)15-8-4-2-1-3-5-8/h8-9,14H,1-7H2,(H,15,16). The number of hydrogen-bond acceptors (Lipinski definition) is 2. The van der Waals surface area contributed by atoms with Crippen molar-refractivity contribution in [1.29, 1.82) is 0 Å². The second-order valence-electron chi connectivity index (χ2n) is 4.84. The molecule has 1 saturated carbocycles. The molecule has 2 N–H and O–H groups in total. The maximum atomic E-state index is 12.9. The minimum atomic E-state index is -2.73. The molecule has 0 bridgehead atoms. The number of alkyl halides is 2. The van der Waals surface area contributed by atoms with E-state index in [1.54, 1.807) is 0 Å². The molecule has 1 heterocycles. The van der Waals surface area contributed by atoms with Gasteiger partial charge in [0, 0.05) is 12.5 Å². The Hall–Kier alpha value is -0.710. The van der Waals surface area contributed by atoms with E-state index in [0.717, 1.165) is 25.7 Å². The molecular formula is C11H18F2N2O. The lowest BCUT2D eigenvalue weighted by Gasteiger charge is -2.24. The highest BCUT2D eigenvalue weighted by molar-refractivity contribution is 5.82. The van der Waals surface area contributed by atoms with Gasteiger partial charge in [-0.05, 0) is 12.8 Å². The van der Waals surface area contributed by atoms with Gasteiger partial charge in [-0.3, -0.25) is 10.1 Å². The minimum Gasteiger partial charge on any atom is -0.352 e. The van der Waals surface area contributed by atoms with Crippen LogP contribution in [0.4, 0.5) is 8.78 Å². The fraction of sp³-hybridized carbons (Fsp3) is 0.909. The first-order valence-electron chi connectivity index (χ1n) is 5.98. The van der Waals surface area contributed by atoms with Crippen molar-refractivity contribution in [3.8, 4) is 0 Å².